The highest BCUT2D eigenvalue weighted by Crippen LogP contribution is 2.45. The van der Waals surface area contributed by atoms with Crippen LogP contribution in [0.2, 0.25) is 0 Å². The van der Waals surface area contributed by atoms with Gasteiger partial charge < -0.3 is 19.7 Å². The minimum absolute atomic E-state index is 0.00246. The molecule has 1 aromatic carbocycles. The number of halogens is 1. The van der Waals surface area contributed by atoms with Gasteiger partial charge in [-0.15, -0.1) is 6.58 Å². The summed E-state index contributed by atoms with van der Waals surface area (Å²) in [4.78, 5) is 67.4. The third-order valence-electron chi connectivity index (χ3n) is 8.71. The van der Waals surface area contributed by atoms with Crippen molar-refractivity contribution in [3.05, 3.63) is 47.8 Å². The number of hydrogen-bond acceptors (Lipinski definition) is 9. The molecule has 5 aliphatic rings. The van der Waals surface area contributed by atoms with Crippen molar-refractivity contribution in [1.29, 1.82) is 0 Å². The summed E-state index contributed by atoms with van der Waals surface area (Å²) in [5.74, 6) is -3.82. The molecule has 2 aliphatic carbocycles. The molecule has 1 aromatic rings. The van der Waals surface area contributed by atoms with Crippen LogP contribution in [0.15, 0.2) is 30.9 Å². The molecular formula is C28H31FN4O9S. The Hall–Kier alpha value is -4.01. The first-order chi connectivity index (χ1) is 20.4. The Morgan fingerprint density at radius 3 is 2.56 bits per heavy atom. The van der Waals surface area contributed by atoms with Crippen molar-refractivity contribution in [2.24, 2.45) is 5.92 Å². The molecule has 3 aliphatic heterocycles. The number of nitrogens with zero attached hydrogens (tertiary/aromatic N) is 2. The number of nitrogens with one attached hydrogen (secondary N) is 2. The van der Waals surface area contributed by atoms with E-state index >= 15 is 0 Å². The largest absolute Gasteiger partial charge is 0.452 e. The van der Waals surface area contributed by atoms with Crippen LogP contribution in [0.4, 0.5) is 9.18 Å². The number of cyclic esters (lactones) is 1. The minimum atomic E-state index is -3.89. The number of likely N-dealkylation sites (tertiary alicyclic amines) is 1. The number of amides is 4. The monoisotopic (exact) mass is 618 g/mol. The third-order valence-corrected chi connectivity index (χ3v) is 10.5. The van der Waals surface area contributed by atoms with E-state index in [1.54, 1.807) is 12.1 Å². The lowest BCUT2D eigenvalue weighted by molar-refractivity contribution is -0.154. The van der Waals surface area contributed by atoms with E-state index in [-0.39, 0.29) is 45.3 Å². The maximum absolute atomic E-state index is 14.2. The summed E-state index contributed by atoms with van der Waals surface area (Å²) in [6, 6.07) is 3.35. The number of carbonyl (C=O) groups excluding carboxylic acids is 5. The lowest BCUT2D eigenvalue weighted by atomic mass is 10.1. The van der Waals surface area contributed by atoms with Crippen LogP contribution in [0.5, 0.6) is 0 Å². The van der Waals surface area contributed by atoms with Crippen LogP contribution in [0, 0.1) is 11.7 Å². The number of hydrogen-bond donors (Lipinski definition) is 2. The van der Waals surface area contributed by atoms with Gasteiger partial charge in [0.05, 0.1) is 18.3 Å². The molecule has 43 heavy (non-hydrogen) atoms. The molecule has 15 heteroatoms. The molecule has 6 rings (SSSR count). The molecule has 13 nitrogen and oxygen atoms in total. The Balaban J connectivity index is 1.17. The fraction of sp³-hybridized carbons (Fsp3) is 0.536. The molecule has 2 N–H and O–H groups in total. The van der Waals surface area contributed by atoms with Gasteiger partial charge in [-0.1, -0.05) is 18.2 Å². The number of rotatable bonds is 8. The van der Waals surface area contributed by atoms with E-state index in [1.165, 1.54) is 17.0 Å². The first-order valence-electron chi connectivity index (χ1n) is 14.1. The molecule has 3 heterocycles. The fourth-order valence-electron chi connectivity index (χ4n) is 6.01. The standard InChI is InChI=1S/C28H31FN4O9S/c1-2-16-11-28(16,26(37)31-43(39,40)18-6-7-18)30-24(35)21-10-17(13-33(21)25(36)22-8-9-23(34)42-22)41-27(38)32-12-15-4-3-5-20(29)19(15)14-32/h2-5,16-18,21-22H,1,6-14H2,(H,30,35)(H,31,37)/t16?,17?,21-,22+,28+/m0/s1. The van der Waals surface area contributed by atoms with E-state index in [1.807, 2.05) is 0 Å². The number of carbonyl (C=O) groups is 5. The number of benzene rings is 1. The van der Waals surface area contributed by atoms with E-state index < -0.39 is 80.6 Å². The van der Waals surface area contributed by atoms with E-state index in [2.05, 4.69) is 16.6 Å². The Kier molecular flexibility index (Phi) is 7.18. The highest BCUT2D eigenvalue weighted by atomic mass is 32.2. The van der Waals surface area contributed by atoms with E-state index in [0.29, 0.717) is 24.0 Å². The molecule has 2 unspecified atom stereocenters. The summed E-state index contributed by atoms with van der Waals surface area (Å²) >= 11 is 0. The molecule has 0 radical (unpaired) electrons. The lowest BCUT2D eigenvalue weighted by Crippen LogP contribution is -2.57. The van der Waals surface area contributed by atoms with E-state index in [0.717, 1.165) is 4.90 Å². The van der Waals surface area contributed by atoms with Gasteiger partial charge in [0.2, 0.25) is 15.9 Å². The topological polar surface area (TPSA) is 168 Å². The van der Waals surface area contributed by atoms with Crippen LogP contribution in [-0.4, -0.2) is 83.6 Å². The molecule has 0 aromatic heterocycles. The van der Waals surface area contributed by atoms with Gasteiger partial charge in [0, 0.05) is 37.3 Å². The lowest BCUT2D eigenvalue weighted by Gasteiger charge is -2.27. The van der Waals surface area contributed by atoms with Crippen molar-refractivity contribution in [3.8, 4) is 0 Å². The normalized spacial score (nSPS) is 29.5. The maximum Gasteiger partial charge on any atom is 0.410 e. The van der Waals surface area contributed by atoms with Crippen molar-refractivity contribution in [2.45, 2.75) is 80.7 Å². The van der Waals surface area contributed by atoms with Gasteiger partial charge in [0.25, 0.3) is 11.8 Å². The summed E-state index contributed by atoms with van der Waals surface area (Å²) in [6.07, 6.45) is -0.345. The average Bonchev–Trinajstić information content (AvgIpc) is 3.78. The quantitative estimate of drug-likeness (QED) is 0.313. The fourth-order valence-corrected chi connectivity index (χ4v) is 7.37. The molecule has 0 spiro atoms. The zero-order valence-corrected chi connectivity index (χ0v) is 23.9. The summed E-state index contributed by atoms with van der Waals surface area (Å²) in [7, 11) is -3.89. The molecule has 0 bridgehead atoms. The number of ether oxygens (including phenoxy) is 2. The Morgan fingerprint density at radius 1 is 1.16 bits per heavy atom. The van der Waals surface area contributed by atoms with Gasteiger partial charge in [-0.2, -0.15) is 0 Å². The molecule has 4 fully saturated rings. The summed E-state index contributed by atoms with van der Waals surface area (Å²) in [5, 5.41) is 1.99. The van der Waals surface area contributed by atoms with Gasteiger partial charge >= 0.3 is 12.1 Å². The van der Waals surface area contributed by atoms with E-state index in [9.17, 15) is 36.8 Å². The second-order valence-corrected chi connectivity index (χ2v) is 13.6. The van der Waals surface area contributed by atoms with Crippen molar-refractivity contribution >= 4 is 39.8 Å². The zero-order chi connectivity index (χ0) is 30.7. The first kappa shape index (κ1) is 29.1. The number of esters is 1. The number of sulfonamides is 1. The zero-order valence-electron chi connectivity index (χ0n) is 23.1. The van der Waals surface area contributed by atoms with Gasteiger partial charge in [-0.25, -0.2) is 17.6 Å². The molecule has 2 saturated carbocycles. The number of fused-ring (bicyclic) bond motifs is 1. The maximum atomic E-state index is 14.2. The van der Waals surface area contributed by atoms with Crippen LogP contribution in [0.25, 0.3) is 0 Å². The van der Waals surface area contributed by atoms with Gasteiger partial charge in [-0.05, 0) is 30.9 Å². The van der Waals surface area contributed by atoms with Crippen LogP contribution >= 0.6 is 0 Å². The molecule has 2 saturated heterocycles. The molecule has 5 atom stereocenters. The molecule has 230 valence electrons. The summed E-state index contributed by atoms with van der Waals surface area (Å²) < 4.78 is 51.9. The third kappa shape index (κ3) is 5.45. The van der Waals surface area contributed by atoms with Crippen LogP contribution in [0.1, 0.15) is 49.7 Å². The minimum Gasteiger partial charge on any atom is -0.452 e. The van der Waals surface area contributed by atoms with Gasteiger partial charge in [-0.3, -0.25) is 28.8 Å². The molecular weight excluding hydrogens is 587 g/mol. The van der Waals surface area contributed by atoms with Crippen molar-refractivity contribution < 1.29 is 46.3 Å². The molecule has 4 amide bonds. The van der Waals surface area contributed by atoms with Crippen molar-refractivity contribution in [1.82, 2.24) is 19.8 Å². The van der Waals surface area contributed by atoms with E-state index in [4.69, 9.17) is 9.47 Å². The van der Waals surface area contributed by atoms with Gasteiger partial charge in [0.1, 0.15) is 23.5 Å². The smallest absolute Gasteiger partial charge is 0.410 e. The van der Waals surface area contributed by atoms with Crippen LogP contribution in [0.3, 0.4) is 0 Å². The highest BCUT2D eigenvalue weighted by molar-refractivity contribution is 7.91. The predicted molar refractivity (Wildman–Crippen MR) is 144 cm³/mol. The average molecular weight is 619 g/mol. The Bertz CT molecular complexity index is 1530. The van der Waals surface area contributed by atoms with Crippen LogP contribution in [-0.2, 0) is 51.8 Å². The highest BCUT2D eigenvalue weighted by Gasteiger charge is 2.62. The van der Waals surface area contributed by atoms with Crippen molar-refractivity contribution in [2.75, 3.05) is 6.54 Å². The first-order valence-corrected chi connectivity index (χ1v) is 15.7. The Labute approximate surface area is 246 Å². The predicted octanol–water partition coefficient (Wildman–Crippen LogP) is 0.622. The SMILES string of the molecule is C=CC1C[C@]1(NC(=O)[C@@H]1CC(OC(=O)N2Cc3cccc(F)c3C2)CN1C(=O)[C@H]1CCC(=O)O1)C(=O)NS(=O)(=O)C1CC1. The van der Waals surface area contributed by atoms with Gasteiger partial charge in [0.15, 0.2) is 6.10 Å². The van der Waals surface area contributed by atoms with Crippen LogP contribution < -0.4 is 10.0 Å². The second kappa shape index (κ2) is 10.6. The van der Waals surface area contributed by atoms with Crippen molar-refractivity contribution in [3.63, 3.8) is 0 Å². The summed E-state index contributed by atoms with van der Waals surface area (Å²) in [5.41, 5.74) is -0.541. The summed E-state index contributed by atoms with van der Waals surface area (Å²) in [6.45, 7) is 3.62. The second-order valence-electron chi connectivity index (χ2n) is 11.7. The Morgan fingerprint density at radius 2 is 1.93 bits per heavy atom.